The van der Waals surface area contributed by atoms with Gasteiger partial charge in [0.2, 0.25) is 17.7 Å². The maximum absolute atomic E-state index is 13.1. The lowest BCUT2D eigenvalue weighted by Crippen LogP contribution is -2.57. The summed E-state index contributed by atoms with van der Waals surface area (Å²) in [6.07, 6.45) is 4.77. The first-order chi connectivity index (χ1) is 16.2. The summed E-state index contributed by atoms with van der Waals surface area (Å²) in [4.78, 5) is 60.4. The minimum Gasteiger partial charge on any atom is -0.483 e. The van der Waals surface area contributed by atoms with E-state index in [1.807, 2.05) is 26.0 Å². The number of pyridine rings is 1. The number of likely N-dealkylation sites (N-methyl/N-ethyl adjacent to an activating group) is 1. The Labute approximate surface area is 199 Å². The van der Waals surface area contributed by atoms with E-state index in [2.05, 4.69) is 20.9 Å². The van der Waals surface area contributed by atoms with E-state index in [-0.39, 0.29) is 36.6 Å². The Morgan fingerprint density at radius 1 is 1.21 bits per heavy atom. The summed E-state index contributed by atoms with van der Waals surface area (Å²) in [6, 6.07) is 2.14. The molecule has 1 aliphatic rings. The van der Waals surface area contributed by atoms with Gasteiger partial charge < -0.3 is 31.1 Å². The summed E-state index contributed by atoms with van der Waals surface area (Å²) in [5.41, 5.74) is 0.903. The molecule has 0 aliphatic carbocycles. The number of hydrogen-bond acceptors (Lipinski definition) is 7. The van der Waals surface area contributed by atoms with Gasteiger partial charge in [0.25, 0.3) is 12.9 Å². The smallest absolute Gasteiger partial charge is 0.290 e. The highest BCUT2D eigenvalue weighted by atomic mass is 16.3. The van der Waals surface area contributed by atoms with Crippen LogP contribution in [0, 0.1) is 5.92 Å². The first kappa shape index (κ1) is 30.5. The lowest BCUT2D eigenvalue weighted by molar-refractivity contribution is -0.142. The van der Waals surface area contributed by atoms with Crippen LogP contribution in [-0.4, -0.2) is 82.5 Å². The quantitative estimate of drug-likeness (QED) is 0.315. The van der Waals surface area contributed by atoms with Crippen molar-refractivity contribution >= 4 is 30.7 Å². The molecular formula is C22H35N5O7. The molecule has 1 aromatic rings. The number of rotatable bonds is 8. The van der Waals surface area contributed by atoms with Gasteiger partial charge in [-0.25, -0.2) is 0 Å². The molecule has 2 rings (SSSR count). The van der Waals surface area contributed by atoms with Crippen molar-refractivity contribution in [1.29, 1.82) is 0 Å². The van der Waals surface area contributed by atoms with Gasteiger partial charge in [-0.1, -0.05) is 19.9 Å². The molecule has 0 bridgehead atoms. The normalized spacial score (nSPS) is 16.0. The maximum atomic E-state index is 13.1. The number of nitrogens with zero attached hydrogens (tertiary/aromatic N) is 2. The van der Waals surface area contributed by atoms with Crippen molar-refractivity contribution in [1.82, 2.24) is 25.8 Å². The molecule has 0 unspecified atom stereocenters. The van der Waals surface area contributed by atoms with Crippen LogP contribution in [0.3, 0.4) is 0 Å². The Morgan fingerprint density at radius 3 is 2.32 bits per heavy atom. The number of hydrogen-bond donors (Lipinski definition) is 5. The number of aromatic nitrogens is 1. The number of carbonyl (C=O) groups excluding carboxylic acids is 3. The van der Waals surface area contributed by atoms with E-state index >= 15 is 0 Å². The summed E-state index contributed by atoms with van der Waals surface area (Å²) >= 11 is 0. The fourth-order valence-electron chi connectivity index (χ4n) is 3.21. The van der Waals surface area contributed by atoms with Gasteiger partial charge in [-0.3, -0.25) is 29.0 Å². The number of carboxylic acid groups (broad SMARTS) is 2. The second kappa shape index (κ2) is 17.0. The van der Waals surface area contributed by atoms with Crippen LogP contribution in [0.25, 0.3) is 0 Å². The van der Waals surface area contributed by atoms with Gasteiger partial charge in [-0.15, -0.1) is 0 Å². The van der Waals surface area contributed by atoms with Crippen LogP contribution in [0.4, 0.5) is 0 Å². The van der Waals surface area contributed by atoms with Crippen LogP contribution in [0.5, 0.6) is 0 Å². The summed E-state index contributed by atoms with van der Waals surface area (Å²) in [5.74, 6) is -0.690. The van der Waals surface area contributed by atoms with E-state index in [4.69, 9.17) is 19.8 Å². The van der Waals surface area contributed by atoms with Crippen LogP contribution >= 0.6 is 0 Å². The van der Waals surface area contributed by atoms with Crippen molar-refractivity contribution in [2.45, 2.75) is 58.3 Å². The Balaban J connectivity index is 0.00000164. The predicted octanol–water partition coefficient (Wildman–Crippen LogP) is -0.161. The Hall–Kier alpha value is -3.54. The lowest BCUT2D eigenvalue weighted by Gasteiger charge is -2.31. The largest absolute Gasteiger partial charge is 0.483 e. The van der Waals surface area contributed by atoms with E-state index in [1.165, 1.54) is 0 Å². The topological polar surface area (TPSA) is 178 Å². The van der Waals surface area contributed by atoms with Gasteiger partial charge in [0, 0.05) is 25.5 Å². The highest BCUT2D eigenvalue weighted by molar-refractivity contribution is 5.93. The second-order valence-corrected chi connectivity index (χ2v) is 7.72. The molecular weight excluding hydrogens is 446 g/mol. The third-order valence-electron chi connectivity index (χ3n) is 5.08. The van der Waals surface area contributed by atoms with Crippen molar-refractivity contribution in [2.75, 3.05) is 13.6 Å². The van der Waals surface area contributed by atoms with Gasteiger partial charge >= 0.3 is 0 Å². The fraction of sp³-hybridized carbons (Fsp3) is 0.545. The molecule has 34 heavy (non-hydrogen) atoms. The predicted molar refractivity (Wildman–Crippen MR) is 123 cm³/mol. The lowest BCUT2D eigenvalue weighted by atomic mass is 10.0. The molecule has 1 saturated heterocycles. The van der Waals surface area contributed by atoms with Crippen LogP contribution in [0.15, 0.2) is 24.5 Å². The van der Waals surface area contributed by atoms with E-state index < -0.39 is 18.1 Å². The average molecular weight is 482 g/mol. The van der Waals surface area contributed by atoms with Crippen molar-refractivity contribution in [2.24, 2.45) is 5.92 Å². The van der Waals surface area contributed by atoms with Crippen molar-refractivity contribution < 1.29 is 34.2 Å². The first-order valence-electron chi connectivity index (χ1n) is 10.8. The van der Waals surface area contributed by atoms with E-state index in [9.17, 15) is 14.4 Å². The molecule has 1 aromatic heterocycles. The van der Waals surface area contributed by atoms with Crippen LogP contribution in [-0.2, 0) is 30.5 Å². The third-order valence-corrected chi connectivity index (χ3v) is 5.08. The fourth-order valence-corrected chi connectivity index (χ4v) is 3.21. The van der Waals surface area contributed by atoms with Gasteiger partial charge in [-0.2, -0.15) is 0 Å². The van der Waals surface area contributed by atoms with E-state index in [0.717, 1.165) is 12.0 Å². The SMILES string of the molecule is CN[C@@H](C)C(=O)N[C@H](C(=O)N1CCC[C@H]1C(=O)NCc1cccnc1)C(C)C.O=CO.O=CO. The van der Waals surface area contributed by atoms with Crippen LogP contribution < -0.4 is 16.0 Å². The molecule has 1 fully saturated rings. The molecule has 0 aromatic carbocycles. The number of amides is 3. The van der Waals surface area contributed by atoms with Crippen LogP contribution in [0.2, 0.25) is 0 Å². The third kappa shape index (κ3) is 10.4. The standard InChI is InChI=1S/C20H31N5O3.2CH2O2/c1-13(2)17(24-18(26)14(3)21-4)20(28)25-10-6-8-16(25)19(27)23-12-15-7-5-9-22-11-15;2*2-1-3/h5,7,9,11,13-14,16-17,21H,6,8,10,12H2,1-4H3,(H,23,27)(H,24,26);2*1H,(H,2,3)/t14-,16-,17-;;/m0../s1. The zero-order valence-electron chi connectivity index (χ0n) is 19.9. The van der Waals surface area contributed by atoms with Gasteiger partial charge in [0.05, 0.1) is 6.04 Å². The Kier molecular flexibility index (Phi) is 15.2. The maximum Gasteiger partial charge on any atom is 0.290 e. The molecule has 0 spiro atoms. The average Bonchev–Trinajstić information content (AvgIpc) is 3.31. The molecule has 12 heteroatoms. The number of carbonyl (C=O) groups is 5. The van der Waals surface area contributed by atoms with Crippen LogP contribution in [0.1, 0.15) is 39.2 Å². The first-order valence-corrected chi connectivity index (χ1v) is 10.8. The molecule has 0 saturated carbocycles. The summed E-state index contributed by atoms with van der Waals surface area (Å²) in [7, 11) is 1.69. The van der Waals surface area contributed by atoms with E-state index in [0.29, 0.717) is 19.5 Å². The van der Waals surface area contributed by atoms with E-state index in [1.54, 1.807) is 31.3 Å². The molecule has 190 valence electrons. The highest BCUT2D eigenvalue weighted by Gasteiger charge is 2.38. The molecule has 3 amide bonds. The summed E-state index contributed by atoms with van der Waals surface area (Å²) < 4.78 is 0. The Morgan fingerprint density at radius 2 is 1.82 bits per heavy atom. The van der Waals surface area contributed by atoms with Crippen molar-refractivity contribution in [3.63, 3.8) is 0 Å². The van der Waals surface area contributed by atoms with Crippen molar-refractivity contribution in [3.05, 3.63) is 30.1 Å². The molecule has 5 N–H and O–H groups in total. The summed E-state index contributed by atoms with van der Waals surface area (Å²) in [6.45, 7) is 5.91. The van der Waals surface area contributed by atoms with Gasteiger partial charge in [-0.05, 0) is 44.4 Å². The van der Waals surface area contributed by atoms with Gasteiger partial charge in [0.1, 0.15) is 12.1 Å². The van der Waals surface area contributed by atoms with Crippen molar-refractivity contribution in [3.8, 4) is 0 Å². The molecule has 1 aliphatic heterocycles. The second-order valence-electron chi connectivity index (χ2n) is 7.72. The minimum absolute atomic E-state index is 0.0831. The minimum atomic E-state index is -0.657. The monoisotopic (exact) mass is 481 g/mol. The Bertz CT molecular complexity index is 770. The highest BCUT2D eigenvalue weighted by Crippen LogP contribution is 2.20. The zero-order valence-corrected chi connectivity index (χ0v) is 19.9. The van der Waals surface area contributed by atoms with Gasteiger partial charge in [0.15, 0.2) is 0 Å². The molecule has 2 heterocycles. The molecule has 0 radical (unpaired) electrons. The molecule has 12 nitrogen and oxygen atoms in total. The zero-order chi connectivity index (χ0) is 26.1. The summed E-state index contributed by atoms with van der Waals surface area (Å²) in [5, 5.41) is 22.4. The number of nitrogens with one attached hydrogen (secondary N) is 3. The number of likely N-dealkylation sites (tertiary alicyclic amines) is 1. The molecule has 3 atom stereocenters.